The molecule has 4 rings (SSSR count). The summed E-state index contributed by atoms with van der Waals surface area (Å²) in [5.74, 6) is 0.985. The maximum absolute atomic E-state index is 13.7. The van der Waals surface area contributed by atoms with Crippen molar-refractivity contribution in [1.29, 1.82) is 0 Å². The van der Waals surface area contributed by atoms with Crippen molar-refractivity contribution in [2.75, 3.05) is 27.7 Å². The normalized spacial score (nSPS) is 24.2. The minimum Gasteiger partial charge on any atom is -0.497 e. The molecule has 0 bridgehead atoms. The number of urea groups is 1. The van der Waals surface area contributed by atoms with Crippen LogP contribution in [0.3, 0.4) is 0 Å². The third-order valence-corrected chi connectivity index (χ3v) is 6.56. The van der Waals surface area contributed by atoms with E-state index >= 15 is 0 Å². The van der Waals surface area contributed by atoms with Crippen molar-refractivity contribution in [2.24, 2.45) is 0 Å². The molecule has 1 saturated carbocycles. The van der Waals surface area contributed by atoms with Gasteiger partial charge in [0.25, 0.3) is 0 Å². The Bertz CT molecular complexity index is 892. The number of carbonyl (C=O) groups excluding carboxylic acids is 1. The molecule has 0 unspecified atom stereocenters. The number of nitrogens with zero attached hydrogens (tertiary/aromatic N) is 3. The number of hydrogen-bond acceptors (Lipinski definition) is 3. The van der Waals surface area contributed by atoms with E-state index in [1.54, 1.807) is 19.2 Å². The lowest BCUT2D eigenvalue weighted by molar-refractivity contribution is -0.0263. The summed E-state index contributed by atoms with van der Waals surface area (Å²) in [5.41, 5.74) is 1.96. The molecule has 6 heteroatoms. The van der Waals surface area contributed by atoms with Crippen LogP contribution in [0.5, 0.6) is 5.75 Å². The van der Waals surface area contributed by atoms with Crippen molar-refractivity contribution in [3.05, 3.63) is 65.5 Å². The number of hydrogen-bond donors (Lipinski definition) is 0. The van der Waals surface area contributed by atoms with E-state index in [0.717, 1.165) is 42.6 Å². The number of rotatable bonds is 5. The van der Waals surface area contributed by atoms with Gasteiger partial charge >= 0.3 is 6.03 Å². The average Bonchev–Trinajstić information content (AvgIpc) is 3.00. The van der Waals surface area contributed by atoms with Gasteiger partial charge in [0, 0.05) is 27.2 Å². The molecule has 160 valence electrons. The van der Waals surface area contributed by atoms with Gasteiger partial charge in [0.05, 0.1) is 12.6 Å². The van der Waals surface area contributed by atoms with E-state index in [4.69, 9.17) is 4.74 Å². The van der Waals surface area contributed by atoms with Crippen LogP contribution in [0, 0.1) is 5.82 Å². The summed E-state index contributed by atoms with van der Waals surface area (Å²) in [4.78, 5) is 15.2. The lowest BCUT2D eigenvalue weighted by Crippen LogP contribution is -2.55. The highest BCUT2D eigenvalue weighted by atomic mass is 19.1. The van der Waals surface area contributed by atoms with Crippen LogP contribution in [0.2, 0.25) is 0 Å². The summed E-state index contributed by atoms with van der Waals surface area (Å²) in [6, 6.07) is 14.9. The zero-order valence-corrected chi connectivity index (χ0v) is 18.0. The summed E-state index contributed by atoms with van der Waals surface area (Å²) in [7, 11) is 5.53. The molecule has 0 aromatic heterocycles. The number of amides is 2. The Balaban J connectivity index is 1.50. The van der Waals surface area contributed by atoms with E-state index in [2.05, 4.69) is 0 Å². The second kappa shape index (κ2) is 8.26. The Kier molecular flexibility index (Phi) is 5.69. The maximum atomic E-state index is 13.7. The molecule has 0 atom stereocenters. The maximum Gasteiger partial charge on any atom is 0.335 e. The summed E-state index contributed by atoms with van der Waals surface area (Å²) in [6.07, 6.45) is 3.74. The largest absolute Gasteiger partial charge is 0.497 e. The zero-order chi connectivity index (χ0) is 21.3. The number of carbonyl (C=O) groups is 1. The van der Waals surface area contributed by atoms with Crippen molar-refractivity contribution in [3.63, 3.8) is 0 Å². The van der Waals surface area contributed by atoms with Crippen LogP contribution in [0.4, 0.5) is 9.18 Å². The first-order valence-corrected chi connectivity index (χ1v) is 10.6. The molecule has 2 aromatic rings. The average molecular weight is 412 g/mol. The molecule has 0 radical (unpaired) electrons. The minimum absolute atomic E-state index is 0.0556. The van der Waals surface area contributed by atoms with E-state index in [9.17, 15) is 9.18 Å². The van der Waals surface area contributed by atoms with Crippen LogP contribution >= 0.6 is 0 Å². The molecule has 2 aliphatic rings. The first kappa shape index (κ1) is 20.7. The first-order valence-electron chi connectivity index (χ1n) is 10.6. The molecule has 2 amide bonds. The second-order valence-corrected chi connectivity index (χ2v) is 8.70. The lowest BCUT2D eigenvalue weighted by atomic mass is 9.74. The van der Waals surface area contributed by atoms with Gasteiger partial charge in [0.2, 0.25) is 0 Å². The summed E-state index contributed by atoms with van der Waals surface area (Å²) in [5, 5.41) is 3.87. The Morgan fingerprint density at radius 1 is 1.13 bits per heavy atom. The first-order chi connectivity index (χ1) is 14.4. The molecule has 1 spiro atoms. The third-order valence-electron chi connectivity index (χ3n) is 6.56. The summed E-state index contributed by atoms with van der Waals surface area (Å²) < 4.78 is 18.9. The van der Waals surface area contributed by atoms with Crippen LogP contribution < -0.4 is 4.74 Å². The van der Waals surface area contributed by atoms with Crippen LogP contribution in [0.25, 0.3) is 0 Å². The molecule has 2 fully saturated rings. The smallest absolute Gasteiger partial charge is 0.335 e. The van der Waals surface area contributed by atoms with Gasteiger partial charge in [-0.2, -0.15) is 0 Å². The van der Waals surface area contributed by atoms with Gasteiger partial charge in [-0.05, 0) is 67.0 Å². The Labute approximate surface area is 178 Å². The number of methoxy groups -OCH3 is 1. The van der Waals surface area contributed by atoms with Gasteiger partial charge in [0.15, 0.2) is 0 Å². The number of ether oxygens (including phenoxy) is 1. The van der Waals surface area contributed by atoms with Gasteiger partial charge in [0.1, 0.15) is 11.6 Å². The van der Waals surface area contributed by atoms with Crippen molar-refractivity contribution >= 4 is 6.03 Å². The van der Waals surface area contributed by atoms with Crippen molar-refractivity contribution in [1.82, 2.24) is 14.9 Å². The third kappa shape index (κ3) is 3.88. The fourth-order valence-electron chi connectivity index (χ4n) is 5.12. The van der Waals surface area contributed by atoms with Crippen molar-refractivity contribution < 1.29 is 13.9 Å². The molecule has 1 saturated heterocycles. The van der Waals surface area contributed by atoms with E-state index in [0.29, 0.717) is 19.0 Å². The van der Waals surface area contributed by atoms with Gasteiger partial charge in [-0.1, -0.05) is 24.3 Å². The summed E-state index contributed by atoms with van der Waals surface area (Å²) in [6.45, 7) is 1.30. The van der Waals surface area contributed by atoms with Crippen LogP contribution in [-0.4, -0.2) is 54.2 Å². The minimum atomic E-state index is -0.198. The highest BCUT2D eigenvalue weighted by Gasteiger charge is 2.52. The van der Waals surface area contributed by atoms with Gasteiger partial charge in [-0.3, -0.25) is 0 Å². The predicted molar refractivity (Wildman–Crippen MR) is 115 cm³/mol. The topological polar surface area (TPSA) is 36.0 Å². The highest BCUT2D eigenvalue weighted by Crippen LogP contribution is 2.45. The second-order valence-electron chi connectivity index (χ2n) is 8.70. The Hall–Kier alpha value is -2.60. The van der Waals surface area contributed by atoms with Crippen LogP contribution in [-0.2, 0) is 6.54 Å². The molecule has 5 nitrogen and oxygen atoms in total. The predicted octanol–water partition coefficient (Wildman–Crippen LogP) is 4.65. The SMILES string of the molecule is COc1ccc(CN2CC3(CCC(c4cccc(F)c4)CC3)N(N(C)C)C2=O)cc1. The number of benzene rings is 2. The van der Waals surface area contributed by atoms with Crippen LogP contribution in [0.15, 0.2) is 48.5 Å². The Morgan fingerprint density at radius 2 is 1.83 bits per heavy atom. The monoisotopic (exact) mass is 411 g/mol. The highest BCUT2D eigenvalue weighted by molar-refractivity contribution is 5.77. The standard InChI is InChI=1S/C24H30FN3O2/c1-26(2)28-23(29)27(16-18-7-9-22(30-3)10-8-18)17-24(28)13-11-19(12-14-24)20-5-4-6-21(25)15-20/h4-10,15,19H,11-14,16-17H2,1-3H3. The van der Waals surface area contributed by atoms with Crippen molar-refractivity contribution in [3.8, 4) is 5.75 Å². The number of halogens is 1. The molecule has 1 aliphatic heterocycles. The molecular weight excluding hydrogens is 381 g/mol. The van der Waals surface area contributed by atoms with Crippen molar-refractivity contribution in [2.45, 2.75) is 43.7 Å². The number of hydrazine groups is 1. The van der Waals surface area contributed by atoms with Crippen LogP contribution in [0.1, 0.15) is 42.7 Å². The molecule has 30 heavy (non-hydrogen) atoms. The summed E-state index contributed by atoms with van der Waals surface area (Å²) >= 11 is 0. The van der Waals surface area contributed by atoms with Gasteiger partial charge < -0.3 is 9.64 Å². The molecule has 1 aliphatic carbocycles. The lowest BCUT2D eigenvalue weighted by Gasteiger charge is -2.44. The van der Waals surface area contributed by atoms with E-state index < -0.39 is 0 Å². The molecular formula is C24H30FN3O2. The molecule has 1 heterocycles. The molecule has 2 aromatic carbocycles. The van der Waals surface area contributed by atoms with Gasteiger partial charge in [-0.15, -0.1) is 0 Å². The fourth-order valence-corrected chi connectivity index (χ4v) is 5.12. The quantitative estimate of drug-likeness (QED) is 0.719. The van der Waals surface area contributed by atoms with E-state index in [1.807, 2.05) is 59.3 Å². The van der Waals surface area contributed by atoms with Gasteiger partial charge in [-0.25, -0.2) is 19.2 Å². The zero-order valence-electron chi connectivity index (χ0n) is 18.0. The Morgan fingerprint density at radius 3 is 2.43 bits per heavy atom. The molecule has 0 N–H and O–H groups in total. The van der Waals surface area contributed by atoms with E-state index in [1.165, 1.54) is 6.07 Å². The fraction of sp³-hybridized carbons (Fsp3) is 0.458. The van der Waals surface area contributed by atoms with E-state index in [-0.39, 0.29) is 17.4 Å².